The van der Waals surface area contributed by atoms with E-state index in [4.69, 9.17) is 9.94 Å². The zero-order chi connectivity index (χ0) is 11.3. The molecule has 2 N–H and O–H groups in total. The standard InChI is InChI=1S/C9H11F2NO3/c1-14-7-4-2-3-6(5-12-13)8(7)15-9(10)11/h2-4,9,12-13H,5H2,1H3. The molecule has 0 radical (unpaired) electrons. The average molecular weight is 219 g/mol. The Balaban J connectivity index is 3.02. The van der Waals surface area contributed by atoms with Crippen LogP contribution in [0.15, 0.2) is 18.2 Å². The summed E-state index contributed by atoms with van der Waals surface area (Å²) in [5, 5.41) is 8.51. The largest absolute Gasteiger partial charge is 0.493 e. The van der Waals surface area contributed by atoms with Crippen LogP contribution < -0.4 is 15.0 Å². The number of benzene rings is 1. The van der Waals surface area contributed by atoms with Crippen LogP contribution in [0.3, 0.4) is 0 Å². The van der Waals surface area contributed by atoms with Gasteiger partial charge in [0.1, 0.15) is 0 Å². The van der Waals surface area contributed by atoms with Crippen molar-refractivity contribution in [1.82, 2.24) is 5.48 Å². The van der Waals surface area contributed by atoms with E-state index < -0.39 is 6.61 Å². The fraction of sp³-hybridized carbons (Fsp3) is 0.333. The molecule has 0 fully saturated rings. The Bertz CT molecular complexity index is 320. The van der Waals surface area contributed by atoms with Crippen molar-refractivity contribution in [3.8, 4) is 11.5 Å². The van der Waals surface area contributed by atoms with Crippen molar-refractivity contribution in [3.05, 3.63) is 23.8 Å². The molecule has 0 spiro atoms. The van der Waals surface area contributed by atoms with E-state index in [9.17, 15) is 8.78 Å². The summed E-state index contributed by atoms with van der Waals surface area (Å²) in [6.45, 7) is -2.93. The van der Waals surface area contributed by atoms with Crippen LogP contribution in [0.25, 0.3) is 0 Å². The third-order valence-electron chi connectivity index (χ3n) is 1.76. The first-order chi connectivity index (χ1) is 7.19. The third-order valence-corrected chi connectivity index (χ3v) is 1.76. The first-order valence-electron chi connectivity index (χ1n) is 4.16. The molecule has 0 aliphatic carbocycles. The van der Waals surface area contributed by atoms with Gasteiger partial charge in [-0.15, -0.1) is 0 Å². The van der Waals surface area contributed by atoms with E-state index in [0.717, 1.165) is 0 Å². The Morgan fingerprint density at radius 2 is 2.20 bits per heavy atom. The maximum absolute atomic E-state index is 12.1. The van der Waals surface area contributed by atoms with Crippen LogP contribution in [0.4, 0.5) is 8.78 Å². The van der Waals surface area contributed by atoms with Crippen LogP contribution in [0.5, 0.6) is 11.5 Å². The molecular formula is C9H11F2NO3. The molecule has 0 atom stereocenters. The number of rotatable bonds is 5. The third kappa shape index (κ3) is 3.03. The minimum absolute atomic E-state index is 0.000741. The summed E-state index contributed by atoms with van der Waals surface area (Å²) in [4.78, 5) is 0. The zero-order valence-electron chi connectivity index (χ0n) is 8.04. The smallest absolute Gasteiger partial charge is 0.387 e. The van der Waals surface area contributed by atoms with Gasteiger partial charge in [0.25, 0.3) is 0 Å². The van der Waals surface area contributed by atoms with E-state index in [2.05, 4.69) is 4.74 Å². The number of nitrogens with one attached hydrogen (secondary N) is 1. The number of hydroxylamine groups is 1. The van der Waals surface area contributed by atoms with Gasteiger partial charge in [-0.05, 0) is 6.07 Å². The van der Waals surface area contributed by atoms with Gasteiger partial charge in [-0.3, -0.25) is 0 Å². The number of alkyl halides is 2. The van der Waals surface area contributed by atoms with E-state index in [1.54, 1.807) is 12.1 Å². The van der Waals surface area contributed by atoms with Gasteiger partial charge in [-0.2, -0.15) is 8.78 Å². The Morgan fingerprint density at radius 1 is 1.47 bits per heavy atom. The van der Waals surface area contributed by atoms with Crippen molar-refractivity contribution in [2.45, 2.75) is 13.2 Å². The van der Waals surface area contributed by atoms with Crippen LogP contribution in [-0.2, 0) is 6.54 Å². The van der Waals surface area contributed by atoms with Gasteiger partial charge in [-0.1, -0.05) is 12.1 Å². The molecule has 15 heavy (non-hydrogen) atoms. The number of methoxy groups -OCH3 is 1. The molecule has 0 heterocycles. The van der Waals surface area contributed by atoms with Crippen LogP contribution >= 0.6 is 0 Å². The first kappa shape index (κ1) is 11.7. The molecule has 0 aliphatic rings. The molecule has 1 aromatic carbocycles. The summed E-state index contributed by atoms with van der Waals surface area (Å²) in [5.41, 5.74) is 2.25. The number of ether oxygens (including phenoxy) is 2. The maximum atomic E-state index is 12.1. The molecule has 4 nitrogen and oxygen atoms in total. The predicted molar refractivity (Wildman–Crippen MR) is 48.3 cm³/mol. The zero-order valence-corrected chi connectivity index (χ0v) is 8.04. The fourth-order valence-corrected chi connectivity index (χ4v) is 1.17. The minimum atomic E-state index is -2.93. The minimum Gasteiger partial charge on any atom is -0.493 e. The molecule has 84 valence electrons. The summed E-state index contributed by atoms with van der Waals surface area (Å²) >= 11 is 0. The molecule has 0 aromatic heterocycles. The highest BCUT2D eigenvalue weighted by Gasteiger charge is 2.14. The average Bonchev–Trinajstić information content (AvgIpc) is 2.20. The predicted octanol–water partition coefficient (Wildman–Crippen LogP) is 1.78. The molecule has 0 unspecified atom stereocenters. The van der Waals surface area contributed by atoms with Gasteiger partial charge in [0.15, 0.2) is 11.5 Å². The van der Waals surface area contributed by atoms with E-state index in [-0.39, 0.29) is 18.0 Å². The van der Waals surface area contributed by atoms with E-state index in [1.807, 2.05) is 5.48 Å². The lowest BCUT2D eigenvalue weighted by Gasteiger charge is -2.13. The monoisotopic (exact) mass is 219 g/mol. The molecule has 0 amide bonds. The van der Waals surface area contributed by atoms with Gasteiger partial charge in [0.05, 0.1) is 7.11 Å². The molecule has 0 saturated heterocycles. The Labute approximate surface area is 85.4 Å². The second-order valence-corrected chi connectivity index (χ2v) is 2.66. The molecule has 1 rings (SSSR count). The van der Waals surface area contributed by atoms with Crippen molar-refractivity contribution in [1.29, 1.82) is 0 Å². The highest BCUT2D eigenvalue weighted by atomic mass is 19.3. The summed E-state index contributed by atoms with van der Waals surface area (Å²) in [7, 11) is 1.35. The quantitative estimate of drug-likeness (QED) is 0.741. The number of hydrogen-bond acceptors (Lipinski definition) is 4. The molecular weight excluding hydrogens is 208 g/mol. The van der Waals surface area contributed by atoms with Gasteiger partial charge in [-0.25, -0.2) is 5.48 Å². The number of hydrogen-bond donors (Lipinski definition) is 2. The Hall–Kier alpha value is -1.40. The van der Waals surface area contributed by atoms with Gasteiger partial charge < -0.3 is 14.7 Å². The summed E-state index contributed by atoms with van der Waals surface area (Å²) in [6.07, 6.45) is 0. The van der Waals surface area contributed by atoms with Crippen molar-refractivity contribution < 1.29 is 23.5 Å². The second kappa shape index (κ2) is 5.47. The highest BCUT2D eigenvalue weighted by molar-refractivity contribution is 5.46. The maximum Gasteiger partial charge on any atom is 0.387 e. The summed E-state index contributed by atoms with van der Waals surface area (Å²) in [6, 6.07) is 4.66. The van der Waals surface area contributed by atoms with Gasteiger partial charge in [0.2, 0.25) is 0 Å². The molecule has 6 heteroatoms. The van der Waals surface area contributed by atoms with Crippen LogP contribution in [0, 0.1) is 0 Å². The van der Waals surface area contributed by atoms with Crippen molar-refractivity contribution >= 4 is 0 Å². The van der Waals surface area contributed by atoms with Crippen molar-refractivity contribution in [2.24, 2.45) is 0 Å². The first-order valence-corrected chi connectivity index (χ1v) is 4.16. The van der Waals surface area contributed by atoms with Gasteiger partial charge in [0, 0.05) is 12.1 Å². The SMILES string of the molecule is COc1cccc(CNO)c1OC(F)F. The molecule has 0 saturated carbocycles. The lowest BCUT2D eigenvalue weighted by atomic mass is 10.2. The number of halogens is 2. The number of para-hydroxylation sites is 1. The lowest BCUT2D eigenvalue weighted by molar-refractivity contribution is -0.0521. The summed E-state index contributed by atoms with van der Waals surface area (Å²) < 4.78 is 33.4. The van der Waals surface area contributed by atoms with Crippen LogP contribution in [-0.4, -0.2) is 18.9 Å². The van der Waals surface area contributed by atoms with Crippen molar-refractivity contribution in [2.75, 3.05) is 7.11 Å². The normalized spacial score (nSPS) is 10.5. The fourth-order valence-electron chi connectivity index (χ4n) is 1.17. The van der Waals surface area contributed by atoms with Gasteiger partial charge >= 0.3 is 6.61 Å². The Kier molecular flexibility index (Phi) is 4.26. The lowest BCUT2D eigenvalue weighted by Crippen LogP contribution is -2.11. The van der Waals surface area contributed by atoms with Crippen LogP contribution in [0.1, 0.15) is 5.56 Å². The molecule has 1 aromatic rings. The Morgan fingerprint density at radius 3 is 2.73 bits per heavy atom. The molecule has 0 aliphatic heterocycles. The van der Waals surface area contributed by atoms with Crippen LogP contribution in [0.2, 0.25) is 0 Å². The van der Waals surface area contributed by atoms with E-state index in [1.165, 1.54) is 13.2 Å². The van der Waals surface area contributed by atoms with Crippen molar-refractivity contribution in [3.63, 3.8) is 0 Å². The second-order valence-electron chi connectivity index (χ2n) is 2.66. The van der Waals surface area contributed by atoms with E-state index in [0.29, 0.717) is 5.56 Å². The molecule has 0 bridgehead atoms. The highest BCUT2D eigenvalue weighted by Crippen LogP contribution is 2.32. The van der Waals surface area contributed by atoms with E-state index >= 15 is 0 Å². The topological polar surface area (TPSA) is 50.7 Å². The summed E-state index contributed by atoms with van der Waals surface area (Å²) in [5.74, 6) is 0.125.